The first-order valence-corrected chi connectivity index (χ1v) is 9.01. The number of rotatable bonds is 3. The lowest BCUT2D eigenvalue weighted by molar-refractivity contribution is 0.208. The van der Waals surface area contributed by atoms with Crippen LogP contribution in [0.4, 0.5) is 20.7 Å². The summed E-state index contributed by atoms with van der Waals surface area (Å²) in [7, 11) is 0. The summed E-state index contributed by atoms with van der Waals surface area (Å²) >= 11 is 0. The van der Waals surface area contributed by atoms with Crippen LogP contribution in [-0.4, -0.2) is 57.1 Å². The normalized spacial score (nSPS) is 14.2. The zero-order valence-corrected chi connectivity index (χ0v) is 15.4. The SMILES string of the molecule is Cc1ccn(-c2ccc(N3CCN(C(=O)Nc4cccc(F)c4)CC3)nn2)n1. The van der Waals surface area contributed by atoms with Crippen LogP contribution in [0.25, 0.3) is 5.82 Å². The van der Waals surface area contributed by atoms with E-state index < -0.39 is 0 Å². The van der Waals surface area contributed by atoms with Crippen LogP contribution in [-0.2, 0) is 0 Å². The van der Waals surface area contributed by atoms with Crippen LogP contribution in [0.15, 0.2) is 48.7 Å². The van der Waals surface area contributed by atoms with Crippen molar-refractivity contribution in [1.82, 2.24) is 24.9 Å². The summed E-state index contributed by atoms with van der Waals surface area (Å²) < 4.78 is 14.9. The van der Waals surface area contributed by atoms with E-state index >= 15 is 0 Å². The average molecular weight is 381 g/mol. The van der Waals surface area contributed by atoms with Crippen molar-refractivity contribution in [3.05, 3.63) is 60.2 Å². The van der Waals surface area contributed by atoms with Crippen molar-refractivity contribution in [2.45, 2.75) is 6.92 Å². The number of aromatic nitrogens is 4. The second-order valence-electron chi connectivity index (χ2n) is 6.57. The Morgan fingerprint density at radius 3 is 2.43 bits per heavy atom. The maximum absolute atomic E-state index is 13.2. The molecule has 8 nitrogen and oxygen atoms in total. The van der Waals surface area contributed by atoms with Crippen LogP contribution >= 0.6 is 0 Å². The Kier molecular flexibility index (Phi) is 4.88. The lowest BCUT2D eigenvalue weighted by atomic mass is 10.3. The number of hydrogen-bond donors (Lipinski definition) is 1. The molecule has 0 unspecified atom stereocenters. The van der Waals surface area contributed by atoms with Crippen molar-refractivity contribution in [2.24, 2.45) is 0 Å². The summed E-state index contributed by atoms with van der Waals surface area (Å²) in [5.74, 6) is 1.04. The summed E-state index contributed by atoms with van der Waals surface area (Å²) in [5, 5.41) is 15.6. The van der Waals surface area contributed by atoms with Crippen molar-refractivity contribution in [2.75, 3.05) is 36.4 Å². The number of anilines is 2. The average Bonchev–Trinajstić information content (AvgIpc) is 3.15. The Balaban J connectivity index is 1.34. The summed E-state index contributed by atoms with van der Waals surface area (Å²) in [4.78, 5) is 16.1. The van der Waals surface area contributed by atoms with E-state index in [4.69, 9.17) is 0 Å². The summed E-state index contributed by atoms with van der Waals surface area (Å²) in [6.07, 6.45) is 1.84. The van der Waals surface area contributed by atoms with Crippen molar-refractivity contribution in [1.29, 1.82) is 0 Å². The number of piperazine rings is 1. The highest BCUT2D eigenvalue weighted by Gasteiger charge is 2.22. The van der Waals surface area contributed by atoms with E-state index in [1.807, 2.05) is 31.3 Å². The van der Waals surface area contributed by atoms with Crippen molar-refractivity contribution in [3.63, 3.8) is 0 Å². The number of aryl methyl sites for hydroxylation is 1. The van der Waals surface area contributed by atoms with E-state index in [1.165, 1.54) is 12.1 Å². The van der Waals surface area contributed by atoms with E-state index in [2.05, 4.69) is 25.5 Å². The van der Waals surface area contributed by atoms with Gasteiger partial charge < -0.3 is 15.1 Å². The smallest absolute Gasteiger partial charge is 0.321 e. The second-order valence-corrected chi connectivity index (χ2v) is 6.57. The minimum atomic E-state index is -0.380. The number of benzene rings is 1. The van der Waals surface area contributed by atoms with E-state index in [1.54, 1.807) is 21.7 Å². The monoisotopic (exact) mass is 381 g/mol. The van der Waals surface area contributed by atoms with Crippen molar-refractivity contribution in [3.8, 4) is 5.82 Å². The molecule has 144 valence electrons. The molecule has 1 N–H and O–H groups in total. The van der Waals surface area contributed by atoms with Crippen LogP contribution in [0.1, 0.15) is 5.69 Å². The number of nitrogens with one attached hydrogen (secondary N) is 1. The predicted molar refractivity (Wildman–Crippen MR) is 103 cm³/mol. The van der Waals surface area contributed by atoms with Gasteiger partial charge >= 0.3 is 6.03 Å². The molecule has 0 aliphatic carbocycles. The molecular weight excluding hydrogens is 361 g/mol. The molecule has 2 aromatic heterocycles. The zero-order chi connectivity index (χ0) is 19.5. The number of carbonyl (C=O) groups excluding carboxylic acids is 1. The van der Waals surface area contributed by atoms with E-state index in [0.29, 0.717) is 37.7 Å². The van der Waals surface area contributed by atoms with Crippen LogP contribution < -0.4 is 10.2 Å². The molecule has 1 aromatic carbocycles. The van der Waals surface area contributed by atoms with Crippen molar-refractivity contribution >= 4 is 17.5 Å². The fourth-order valence-corrected chi connectivity index (χ4v) is 3.06. The molecule has 1 fully saturated rings. The van der Waals surface area contributed by atoms with Crippen LogP contribution in [0, 0.1) is 12.7 Å². The summed E-state index contributed by atoms with van der Waals surface area (Å²) in [6.45, 7) is 4.30. The first-order chi connectivity index (χ1) is 13.6. The third-order valence-electron chi connectivity index (χ3n) is 4.56. The van der Waals surface area contributed by atoms with E-state index in [0.717, 1.165) is 11.5 Å². The molecule has 2 amide bonds. The third kappa shape index (κ3) is 3.93. The van der Waals surface area contributed by atoms with Gasteiger partial charge in [-0.3, -0.25) is 0 Å². The first kappa shape index (κ1) is 17.9. The van der Waals surface area contributed by atoms with Gasteiger partial charge in [-0.2, -0.15) is 5.10 Å². The molecule has 3 heterocycles. The molecule has 0 atom stereocenters. The topological polar surface area (TPSA) is 79.2 Å². The van der Waals surface area contributed by atoms with Gasteiger partial charge in [0.1, 0.15) is 5.82 Å². The van der Waals surface area contributed by atoms with Gasteiger partial charge in [-0.05, 0) is 43.3 Å². The van der Waals surface area contributed by atoms with Crippen LogP contribution in [0.2, 0.25) is 0 Å². The summed E-state index contributed by atoms with van der Waals surface area (Å²) in [6, 6.07) is 11.3. The molecule has 0 saturated carbocycles. The Hall–Kier alpha value is -3.49. The largest absolute Gasteiger partial charge is 0.352 e. The number of nitrogens with zero attached hydrogens (tertiary/aromatic N) is 6. The van der Waals surface area contributed by atoms with E-state index in [9.17, 15) is 9.18 Å². The summed E-state index contributed by atoms with van der Waals surface area (Å²) in [5.41, 5.74) is 1.36. The van der Waals surface area contributed by atoms with E-state index in [-0.39, 0.29) is 11.8 Å². The highest BCUT2D eigenvalue weighted by atomic mass is 19.1. The maximum Gasteiger partial charge on any atom is 0.321 e. The standard InChI is InChI=1S/C19H20FN7O/c1-14-7-8-27(24-14)18-6-5-17(22-23-18)25-9-11-26(12-10-25)19(28)21-16-4-2-3-15(20)13-16/h2-8,13H,9-12H2,1H3,(H,21,28). The molecule has 9 heteroatoms. The molecule has 1 saturated heterocycles. The fourth-order valence-electron chi connectivity index (χ4n) is 3.06. The highest BCUT2D eigenvalue weighted by Crippen LogP contribution is 2.16. The molecule has 4 rings (SSSR count). The first-order valence-electron chi connectivity index (χ1n) is 9.01. The van der Waals surface area contributed by atoms with Gasteiger partial charge in [-0.1, -0.05) is 6.07 Å². The highest BCUT2D eigenvalue weighted by molar-refractivity contribution is 5.89. The second kappa shape index (κ2) is 7.63. The maximum atomic E-state index is 13.2. The zero-order valence-electron chi connectivity index (χ0n) is 15.4. The minimum Gasteiger partial charge on any atom is -0.352 e. The quantitative estimate of drug-likeness (QED) is 0.754. The minimum absolute atomic E-state index is 0.235. The van der Waals surface area contributed by atoms with Gasteiger partial charge in [0.15, 0.2) is 11.6 Å². The van der Waals surface area contributed by atoms with Crippen LogP contribution in [0.5, 0.6) is 0 Å². The molecule has 0 spiro atoms. The molecule has 1 aliphatic rings. The number of halogens is 1. The van der Waals surface area contributed by atoms with Crippen LogP contribution in [0.3, 0.4) is 0 Å². The van der Waals surface area contributed by atoms with Gasteiger partial charge in [-0.25, -0.2) is 13.9 Å². The Labute approximate surface area is 161 Å². The Bertz CT molecular complexity index is 964. The number of hydrogen-bond acceptors (Lipinski definition) is 5. The molecule has 0 radical (unpaired) electrons. The number of amides is 2. The lowest BCUT2D eigenvalue weighted by Crippen LogP contribution is -2.50. The molecule has 3 aromatic rings. The number of carbonyl (C=O) groups is 1. The molecule has 28 heavy (non-hydrogen) atoms. The lowest BCUT2D eigenvalue weighted by Gasteiger charge is -2.35. The van der Waals surface area contributed by atoms with Gasteiger partial charge in [0.05, 0.1) is 5.69 Å². The number of urea groups is 1. The third-order valence-corrected chi connectivity index (χ3v) is 4.56. The predicted octanol–water partition coefficient (Wildman–Crippen LogP) is 2.46. The van der Waals surface area contributed by atoms with Gasteiger partial charge in [0, 0.05) is 38.1 Å². The van der Waals surface area contributed by atoms with Gasteiger partial charge in [0.25, 0.3) is 0 Å². The molecule has 1 aliphatic heterocycles. The molecule has 0 bridgehead atoms. The van der Waals surface area contributed by atoms with Gasteiger partial charge in [0.2, 0.25) is 0 Å². The Morgan fingerprint density at radius 2 is 1.79 bits per heavy atom. The van der Waals surface area contributed by atoms with Crippen molar-refractivity contribution < 1.29 is 9.18 Å². The molecular formula is C19H20FN7O. The van der Waals surface area contributed by atoms with Gasteiger partial charge in [-0.15, -0.1) is 10.2 Å². The fraction of sp³-hybridized carbons (Fsp3) is 0.263. The Morgan fingerprint density at radius 1 is 1.04 bits per heavy atom.